The van der Waals surface area contributed by atoms with E-state index in [9.17, 15) is 9.90 Å². The van der Waals surface area contributed by atoms with Crippen LogP contribution in [0.5, 0.6) is 0 Å². The maximum Gasteiger partial charge on any atom is 0.319 e. The van der Waals surface area contributed by atoms with Crippen LogP contribution in [0.1, 0.15) is 57.1 Å². The fourth-order valence-electron chi connectivity index (χ4n) is 3.77. The number of fused-ring (bicyclic) bond motifs is 1. The highest BCUT2D eigenvalue weighted by atomic mass is 16.3. The standard InChI is InChI=1S/C20H31N3O2/c1-14(2)10-11-23-12-15-4-3-5-19(18(15)13-23)22-20(25)21-16-6-8-17(24)9-7-16/h3-5,14,16-17,24H,6-13H2,1-2H3,(H2,21,22,25). The van der Waals surface area contributed by atoms with Crippen LogP contribution < -0.4 is 10.6 Å². The van der Waals surface area contributed by atoms with E-state index >= 15 is 0 Å². The van der Waals surface area contributed by atoms with Crippen LogP contribution in [0.15, 0.2) is 18.2 Å². The van der Waals surface area contributed by atoms with E-state index in [0.717, 1.165) is 51.0 Å². The van der Waals surface area contributed by atoms with Crippen molar-refractivity contribution < 1.29 is 9.90 Å². The van der Waals surface area contributed by atoms with Crippen LogP contribution in [0.2, 0.25) is 0 Å². The van der Waals surface area contributed by atoms with Gasteiger partial charge in [-0.3, -0.25) is 4.90 Å². The molecule has 5 heteroatoms. The van der Waals surface area contributed by atoms with Crippen LogP contribution >= 0.6 is 0 Å². The SMILES string of the molecule is CC(C)CCN1Cc2cccc(NC(=O)NC3CCC(O)CC3)c2C1. The van der Waals surface area contributed by atoms with E-state index in [4.69, 9.17) is 0 Å². The van der Waals surface area contributed by atoms with Gasteiger partial charge in [0, 0.05) is 24.8 Å². The Hall–Kier alpha value is -1.59. The van der Waals surface area contributed by atoms with Crippen molar-refractivity contribution in [3.63, 3.8) is 0 Å². The number of aliphatic hydroxyl groups is 1. The van der Waals surface area contributed by atoms with E-state index in [1.165, 1.54) is 17.5 Å². The van der Waals surface area contributed by atoms with Crippen LogP contribution in [0.4, 0.5) is 10.5 Å². The Kier molecular flexibility index (Phi) is 5.97. The van der Waals surface area contributed by atoms with Gasteiger partial charge in [0.1, 0.15) is 0 Å². The number of nitrogens with zero attached hydrogens (tertiary/aromatic N) is 1. The molecule has 0 saturated heterocycles. The van der Waals surface area contributed by atoms with Crippen molar-refractivity contribution in [3.05, 3.63) is 29.3 Å². The summed E-state index contributed by atoms with van der Waals surface area (Å²) >= 11 is 0. The van der Waals surface area contributed by atoms with Gasteiger partial charge in [-0.2, -0.15) is 0 Å². The summed E-state index contributed by atoms with van der Waals surface area (Å²) in [5.41, 5.74) is 3.50. The molecule has 1 saturated carbocycles. The normalized spacial score (nSPS) is 23.5. The fraction of sp³-hybridized carbons (Fsp3) is 0.650. The first-order valence-corrected chi connectivity index (χ1v) is 9.60. The molecule has 1 aromatic rings. The second kappa shape index (κ2) is 8.19. The number of hydrogen-bond donors (Lipinski definition) is 3. The van der Waals surface area contributed by atoms with E-state index < -0.39 is 0 Å². The quantitative estimate of drug-likeness (QED) is 0.765. The number of anilines is 1. The minimum Gasteiger partial charge on any atom is -0.393 e. The molecule has 1 heterocycles. The molecule has 1 aromatic carbocycles. The van der Waals surface area contributed by atoms with E-state index in [2.05, 4.69) is 35.4 Å². The Labute approximate surface area is 150 Å². The monoisotopic (exact) mass is 345 g/mol. The van der Waals surface area contributed by atoms with Gasteiger partial charge in [0.25, 0.3) is 0 Å². The molecule has 3 rings (SSSR count). The molecule has 25 heavy (non-hydrogen) atoms. The number of carbonyl (C=O) groups is 1. The molecule has 0 atom stereocenters. The van der Waals surface area contributed by atoms with Crippen LogP contribution in [-0.4, -0.2) is 34.7 Å². The first-order valence-electron chi connectivity index (χ1n) is 9.60. The zero-order valence-corrected chi connectivity index (χ0v) is 15.4. The third kappa shape index (κ3) is 4.95. The Balaban J connectivity index is 1.56. The molecule has 1 fully saturated rings. The topological polar surface area (TPSA) is 64.6 Å². The first-order chi connectivity index (χ1) is 12.0. The lowest BCUT2D eigenvalue weighted by molar-refractivity contribution is 0.118. The maximum atomic E-state index is 12.4. The summed E-state index contributed by atoms with van der Waals surface area (Å²) < 4.78 is 0. The number of benzene rings is 1. The molecule has 138 valence electrons. The second-order valence-corrected chi connectivity index (χ2v) is 7.94. The lowest BCUT2D eigenvalue weighted by Crippen LogP contribution is -2.41. The first kappa shape index (κ1) is 18.2. The molecule has 2 amide bonds. The largest absolute Gasteiger partial charge is 0.393 e. The Morgan fingerprint density at radius 2 is 2.00 bits per heavy atom. The summed E-state index contributed by atoms with van der Waals surface area (Å²) in [5.74, 6) is 0.709. The lowest BCUT2D eigenvalue weighted by Gasteiger charge is -2.26. The number of nitrogens with one attached hydrogen (secondary N) is 2. The highest BCUT2D eigenvalue weighted by molar-refractivity contribution is 5.90. The molecular formula is C20H31N3O2. The molecule has 0 aromatic heterocycles. The molecule has 1 aliphatic heterocycles. The molecule has 0 unspecified atom stereocenters. The minimum absolute atomic E-state index is 0.129. The predicted molar refractivity (Wildman–Crippen MR) is 100 cm³/mol. The molecule has 5 nitrogen and oxygen atoms in total. The highest BCUT2D eigenvalue weighted by Crippen LogP contribution is 2.29. The van der Waals surface area contributed by atoms with Crippen LogP contribution in [0.3, 0.4) is 0 Å². The van der Waals surface area contributed by atoms with Crippen molar-refractivity contribution in [1.29, 1.82) is 0 Å². The van der Waals surface area contributed by atoms with Crippen LogP contribution in [-0.2, 0) is 13.1 Å². The molecule has 1 aliphatic carbocycles. The third-order valence-corrected chi connectivity index (χ3v) is 5.35. The average molecular weight is 345 g/mol. The van der Waals surface area contributed by atoms with Gasteiger partial charge in [-0.25, -0.2) is 4.79 Å². The van der Waals surface area contributed by atoms with Crippen molar-refractivity contribution >= 4 is 11.7 Å². The van der Waals surface area contributed by atoms with Gasteiger partial charge in [0.05, 0.1) is 6.10 Å². The smallest absolute Gasteiger partial charge is 0.319 e. The summed E-state index contributed by atoms with van der Waals surface area (Å²) in [7, 11) is 0. The van der Waals surface area contributed by atoms with Gasteiger partial charge in [0.2, 0.25) is 0 Å². The molecule has 0 radical (unpaired) electrons. The van der Waals surface area contributed by atoms with E-state index in [-0.39, 0.29) is 18.2 Å². The number of aliphatic hydroxyl groups excluding tert-OH is 1. The number of amides is 2. The number of hydrogen-bond acceptors (Lipinski definition) is 3. The van der Waals surface area contributed by atoms with Gasteiger partial charge in [-0.15, -0.1) is 0 Å². The van der Waals surface area contributed by atoms with E-state index in [1.54, 1.807) is 0 Å². The van der Waals surface area contributed by atoms with Crippen LogP contribution in [0.25, 0.3) is 0 Å². The summed E-state index contributed by atoms with van der Waals surface area (Å²) in [6.45, 7) is 7.49. The van der Waals surface area contributed by atoms with E-state index in [0.29, 0.717) is 5.92 Å². The minimum atomic E-state index is -0.199. The third-order valence-electron chi connectivity index (χ3n) is 5.35. The zero-order valence-electron chi connectivity index (χ0n) is 15.4. The van der Waals surface area contributed by atoms with Crippen molar-refractivity contribution in [2.24, 2.45) is 5.92 Å². The van der Waals surface area contributed by atoms with E-state index in [1.807, 2.05) is 12.1 Å². The summed E-state index contributed by atoms with van der Waals surface area (Å²) in [4.78, 5) is 14.8. The van der Waals surface area contributed by atoms with Gasteiger partial charge < -0.3 is 15.7 Å². The Bertz CT molecular complexity index is 595. The molecule has 0 spiro atoms. The van der Waals surface area contributed by atoms with Crippen molar-refractivity contribution in [2.45, 2.75) is 71.2 Å². The Morgan fingerprint density at radius 3 is 2.72 bits per heavy atom. The van der Waals surface area contributed by atoms with Crippen molar-refractivity contribution in [2.75, 3.05) is 11.9 Å². The summed E-state index contributed by atoms with van der Waals surface area (Å²) in [5, 5.41) is 15.7. The van der Waals surface area contributed by atoms with Crippen molar-refractivity contribution in [3.8, 4) is 0 Å². The average Bonchev–Trinajstić information content (AvgIpc) is 2.99. The molecule has 2 aliphatic rings. The Morgan fingerprint density at radius 1 is 1.24 bits per heavy atom. The number of rotatable bonds is 5. The molecule has 3 N–H and O–H groups in total. The van der Waals surface area contributed by atoms with Gasteiger partial charge >= 0.3 is 6.03 Å². The molecule has 0 bridgehead atoms. The van der Waals surface area contributed by atoms with Gasteiger partial charge in [-0.1, -0.05) is 26.0 Å². The van der Waals surface area contributed by atoms with Crippen LogP contribution in [0, 0.1) is 5.92 Å². The highest BCUT2D eigenvalue weighted by Gasteiger charge is 2.24. The van der Waals surface area contributed by atoms with Gasteiger partial charge in [0.15, 0.2) is 0 Å². The number of carbonyl (C=O) groups excluding carboxylic acids is 1. The lowest BCUT2D eigenvalue weighted by atomic mass is 9.93. The number of urea groups is 1. The second-order valence-electron chi connectivity index (χ2n) is 7.94. The maximum absolute atomic E-state index is 12.4. The summed E-state index contributed by atoms with van der Waals surface area (Å²) in [6.07, 6.45) is 4.25. The summed E-state index contributed by atoms with van der Waals surface area (Å²) in [6, 6.07) is 6.22. The van der Waals surface area contributed by atoms with Crippen molar-refractivity contribution in [1.82, 2.24) is 10.2 Å². The van der Waals surface area contributed by atoms with Gasteiger partial charge in [-0.05, 0) is 61.8 Å². The predicted octanol–water partition coefficient (Wildman–Crippen LogP) is 3.47. The fourth-order valence-corrected chi connectivity index (χ4v) is 3.77. The molecular weight excluding hydrogens is 314 g/mol. The zero-order chi connectivity index (χ0) is 17.8.